The molecule has 10 nitrogen and oxygen atoms in total. The number of aromatic hydroxyl groups is 2. The second-order valence-electron chi connectivity index (χ2n) is 11.0. The molecule has 4 heterocycles. The number of rotatable bonds is 11. The van der Waals surface area contributed by atoms with Crippen LogP contribution in [0.25, 0.3) is 0 Å². The maximum absolute atomic E-state index is 13.9. The van der Waals surface area contributed by atoms with Gasteiger partial charge in [-0.2, -0.15) is 0 Å². The van der Waals surface area contributed by atoms with E-state index in [0.29, 0.717) is 26.1 Å². The fourth-order valence-electron chi connectivity index (χ4n) is 6.27. The lowest BCUT2D eigenvalue weighted by molar-refractivity contribution is -0.670. The summed E-state index contributed by atoms with van der Waals surface area (Å²) in [5.74, 6) is -1.47. The van der Waals surface area contributed by atoms with E-state index in [4.69, 9.17) is 4.74 Å². The third-order valence-electron chi connectivity index (χ3n) is 8.37. The van der Waals surface area contributed by atoms with Crippen LogP contribution in [0.4, 0.5) is 5.69 Å². The molecule has 1 unspecified atom stereocenters. The van der Waals surface area contributed by atoms with Crippen LogP contribution in [-0.4, -0.2) is 68.9 Å². The second kappa shape index (κ2) is 12.2. The van der Waals surface area contributed by atoms with E-state index >= 15 is 0 Å². The lowest BCUT2D eigenvalue weighted by Crippen LogP contribution is -2.45. The highest BCUT2D eigenvalue weighted by Gasteiger charge is 2.47. The van der Waals surface area contributed by atoms with E-state index in [1.807, 2.05) is 59.2 Å². The molecule has 3 atom stereocenters. The van der Waals surface area contributed by atoms with Crippen molar-refractivity contribution in [3.05, 3.63) is 66.0 Å². The minimum absolute atomic E-state index is 0.0605. The molecule has 2 aliphatic heterocycles. The molecule has 1 amide bonds. The monoisotopic (exact) mass is 563 g/mol. The van der Waals surface area contributed by atoms with Gasteiger partial charge in [-0.3, -0.25) is 19.1 Å². The van der Waals surface area contributed by atoms with Crippen molar-refractivity contribution >= 4 is 17.6 Å². The lowest BCUT2D eigenvalue weighted by atomic mass is 9.83. The van der Waals surface area contributed by atoms with Gasteiger partial charge in [0.25, 0.3) is 0 Å². The number of likely N-dealkylation sites (tertiary alicyclic amines) is 1. The molecular formula is C31H39N4O6+. The molecule has 5 rings (SSSR count). The van der Waals surface area contributed by atoms with Gasteiger partial charge < -0.3 is 25.0 Å². The number of carbonyl (C=O) groups is 2. The zero-order valence-corrected chi connectivity index (χ0v) is 23.6. The van der Waals surface area contributed by atoms with Crippen molar-refractivity contribution in [2.45, 2.75) is 51.1 Å². The zero-order valence-electron chi connectivity index (χ0n) is 23.6. The Labute approximate surface area is 240 Å². The average molecular weight is 564 g/mol. The number of aryl methyl sites for hydroxylation is 1. The van der Waals surface area contributed by atoms with E-state index in [1.165, 1.54) is 16.7 Å². The highest BCUT2D eigenvalue weighted by Crippen LogP contribution is 2.41. The van der Waals surface area contributed by atoms with E-state index in [9.17, 15) is 24.9 Å². The van der Waals surface area contributed by atoms with E-state index in [1.54, 1.807) is 4.90 Å². The number of carboxylic acids is 1. The molecule has 10 heteroatoms. The summed E-state index contributed by atoms with van der Waals surface area (Å²) in [5.41, 5.74) is 2.80. The van der Waals surface area contributed by atoms with E-state index < -0.39 is 17.9 Å². The first-order valence-corrected chi connectivity index (χ1v) is 14.3. The van der Waals surface area contributed by atoms with Crippen LogP contribution < -0.4 is 14.2 Å². The highest BCUT2D eigenvalue weighted by molar-refractivity contribution is 5.94. The molecule has 0 saturated carbocycles. The number of unbranched alkanes of at least 4 members (excludes halogenated alkanes) is 1. The third kappa shape index (κ3) is 6.02. The Balaban J connectivity index is 1.46. The van der Waals surface area contributed by atoms with Gasteiger partial charge in [0.05, 0.1) is 19.1 Å². The average Bonchev–Trinajstić information content (AvgIpc) is 3.64. The molecule has 2 aliphatic rings. The summed E-state index contributed by atoms with van der Waals surface area (Å²) in [4.78, 5) is 30.5. The topological polar surface area (TPSA) is 119 Å². The number of pyridine rings is 1. The number of benzene rings is 1. The second-order valence-corrected chi connectivity index (χ2v) is 11.0. The van der Waals surface area contributed by atoms with Gasteiger partial charge in [-0.25, -0.2) is 4.57 Å². The number of anilines is 1. The van der Waals surface area contributed by atoms with Crippen LogP contribution in [0.1, 0.15) is 43.2 Å². The SMILES string of the molecule is CCCCN(C(=O)CN1C[C@H](c2ccc3c(c2)CCO3)C(C(=O)O)[C@@H]1CCn1c(O)ccc1O)c1ccc[n+](C)c1. The molecule has 2 aromatic heterocycles. The molecule has 0 radical (unpaired) electrons. The molecular weight excluding hydrogens is 524 g/mol. The minimum atomic E-state index is -0.925. The quantitative estimate of drug-likeness (QED) is 0.307. The van der Waals surface area contributed by atoms with Crippen LogP contribution in [0.2, 0.25) is 0 Å². The van der Waals surface area contributed by atoms with Gasteiger partial charge in [0.2, 0.25) is 5.91 Å². The number of aromatic nitrogens is 2. The molecule has 3 N–H and O–H groups in total. The van der Waals surface area contributed by atoms with Gasteiger partial charge in [-0.1, -0.05) is 25.5 Å². The minimum Gasteiger partial charge on any atom is -0.494 e. The van der Waals surface area contributed by atoms with Crippen molar-refractivity contribution in [2.75, 3.05) is 31.1 Å². The summed E-state index contributed by atoms with van der Waals surface area (Å²) < 4.78 is 8.93. The Morgan fingerprint density at radius 2 is 1.93 bits per heavy atom. The molecule has 1 fully saturated rings. The van der Waals surface area contributed by atoms with Crippen LogP contribution in [0.15, 0.2) is 54.9 Å². The Morgan fingerprint density at radius 1 is 1.15 bits per heavy atom. The third-order valence-corrected chi connectivity index (χ3v) is 8.37. The van der Waals surface area contributed by atoms with Crippen molar-refractivity contribution in [1.82, 2.24) is 9.47 Å². The summed E-state index contributed by atoms with van der Waals surface area (Å²) in [7, 11) is 1.91. The van der Waals surface area contributed by atoms with Crippen LogP contribution >= 0.6 is 0 Å². The molecule has 1 saturated heterocycles. The van der Waals surface area contributed by atoms with Crippen LogP contribution in [0, 0.1) is 5.92 Å². The fourth-order valence-corrected chi connectivity index (χ4v) is 6.27. The van der Waals surface area contributed by atoms with E-state index in [2.05, 4.69) is 6.92 Å². The number of fused-ring (bicyclic) bond motifs is 1. The lowest BCUT2D eigenvalue weighted by Gasteiger charge is -2.29. The zero-order chi connectivity index (χ0) is 29.1. The predicted molar refractivity (Wildman–Crippen MR) is 152 cm³/mol. The van der Waals surface area contributed by atoms with E-state index in [0.717, 1.165) is 41.8 Å². The van der Waals surface area contributed by atoms with E-state index in [-0.39, 0.29) is 36.7 Å². The van der Waals surface area contributed by atoms with Crippen LogP contribution in [-0.2, 0) is 29.6 Å². The van der Waals surface area contributed by atoms with Gasteiger partial charge >= 0.3 is 5.97 Å². The summed E-state index contributed by atoms with van der Waals surface area (Å²) in [5, 5.41) is 30.9. The standard InChI is InChI=1S/C31H38N4O6/c1-3-4-14-34(23-6-5-13-32(2)18-23)29(38)20-33-19-24(21-7-8-26-22(17-21)12-16-41-26)30(31(39)40)25(33)11-15-35-27(36)9-10-28(35)37/h5-10,13,17-18,24-25,30H,3-4,11-12,14-16,19-20H2,1-2H3,(H2-,36,37,39,40)/p+1/t24-,25+,30?/m1/s1. The Morgan fingerprint density at radius 3 is 2.63 bits per heavy atom. The summed E-state index contributed by atoms with van der Waals surface area (Å²) in [6.07, 6.45) is 6.73. The van der Waals surface area contributed by atoms with Crippen molar-refractivity contribution in [3.63, 3.8) is 0 Å². The first kappa shape index (κ1) is 28.5. The Bertz CT molecular complexity index is 1390. The first-order chi connectivity index (χ1) is 19.8. The van der Waals surface area contributed by atoms with Crippen LogP contribution in [0.5, 0.6) is 17.5 Å². The summed E-state index contributed by atoms with van der Waals surface area (Å²) >= 11 is 0. The number of nitrogens with zero attached hydrogens (tertiary/aromatic N) is 4. The van der Waals surface area contributed by atoms with Gasteiger partial charge in [-0.15, -0.1) is 0 Å². The maximum Gasteiger partial charge on any atom is 0.308 e. The van der Waals surface area contributed by atoms with Crippen molar-refractivity contribution in [2.24, 2.45) is 13.0 Å². The number of hydrogen-bond donors (Lipinski definition) is 3. The highest BCUT2D eigenvalue weighted by atomic mass is 16.5. The number of carbonyl (C=O) groups excluding carboxylic acids is 1. The smallest absolute Gasteiger partial charge is 0.308 e. The molecule has 3 aromatic rings. The van der Waals surface area contributed by atoms with Gasteiger partial charge in [0.15, 0.2) is 24.2 Å². The number of amides is 1. The Hall–Kier alpha value is -4.05. The van der Waals surface area contributed by atoms with Crippen LogP contribution in [0.3, 0.4) is 0 Å². The number of carboxylic acid groups (broad SMARTS) is 1. The van der Waals surface area contributed by atoms with Gasteiger partial charge in [-0.05, 0) is 36.1 Å². The van der Waals surface area contributed by atoms with Gasteiger partial charge in [0, 0.05) is 56.2 Å². The number of ether oxygens (including phenoxy) is 1. The molecule has 0 bridgehead atoms. The molecule has 218 valence electrons. The number of hydrogen-bond acceptors (Lipinski definition) is 6. The van der Waals surface area contributed by atoms with Crippen molar-refractivity contribution in [1.29, 1.82) is 0 Å². The molecule has 1 aromatic carbocycles. The fraction of sp³-hybridized carbons (Fsp3) is 0.452. The largest absolute Gasteiger partial charge is 0.494 e. The van der Waals surface area contributed by atoms with Gasteiger partial charge in [0.1, 0.15) is 18.5 Å². The van der Waals surface area contributed by atoms with Crippen molar-refractivity contribution < 1.29 is 34.2 Å². The summed E-state index contributed by atoms with van der Waals surface area (Å²) in [6.45, 7) is 3.94. The Kier molecular flexibility index (Phi) is 8.49. The maximum atomic E-state index is 13.9. The summed E-state index contributed by atoms with van der Waals surface area (Å²) in [6, 6.07) is 12.0. The molecule has 0 aliphatic carbocycles. The predicted octanol–water partition coefficient (Wildman–Crippen LogP) is 3.05. The molecule has 41 heavy (non-hydrogen) atoms. The first-order valence-electron chi connectivity index (χ1n) is 14.3. The number of aliphatic carboxylic acids is 1. The van der Waals surface area contributed by atoms with Crippen molar-refractivity contribution in [3.8, 4) is 17.5 Å². The normalized spacial score (nSPS) is 20.1. The molecule has 0 spiro atoms.